The number of rotatable bonds is 3. The highest BCUT2D eigenvalue weighted by Crippen LogP contribution is 2.24. The van der Waals surface area contributed by atoms with Crippen LogP contribution >= 0.6 is 23.2 Å². The molecule has 2 aromatic carbocycles. The highest BCUT2D eigenvalue weighted by molar-refractivity contribution is 6.36. The summed E-state index contributed by atoms with van der Waals surface area (Å²) in [7, 11) is 0. The van der Waals surface area contributed by atoms with Crippen LogP contribution in [0.3, 0.4) is 0 Å². The van der Waals surface area contributed by atoms with Crippen molar-refractivity contribution < 1.29 is 9.59 Å². The van der Waals surface area contributed by atoms with Gasteiger partial charge >= 0.3 is 0 Å². The van der Waals surface area contributed by atoms with Crippen molar-refractivity contribution in [3.05, 3.63) is 69.8 Å². The first-order chi connectivity index (χ1) is 11.6. The number of H-pyrrole nitrogens is 1. The SMILES string of the molecule is O=C(Cc1c(Cl)cccc1Cl)NNC(=O)c1c[nH]c2ccccc12. The molecular formula is C17H13Cl2N3O2. The van der Waals surface area contributed by atoms with Crippen LogP contribution in [0.15, 0.2) is 48.7 Å². The second-order valence-electron chi connectivity index (χ2n) is 5.13. The second-order valence-corrected chi connectivity index (χ2v) is 5.94. The number of nitrogens with one attached hydrogen (secondary N) is 3. The van der Waals surface area contributed by atoms with Gasteiger partial charge in [0.1, 0.15) is 0 Å². The predicted molar refractivity (Wildman–Crippen MR) is 94.1 cm³/mol. The summed E-state index contributed by atoms with van der Waals surface area (Å²) in [4.78, 5) is 27.2. The number of hydrogen-bond donors (Lipinski definition) is 3. The van der Waals surface area contributed by atoms with Gasteiger partial charge in [0.25, 0.3) is 5.91 Å². The maximum Gasteiger partial charge on any atom is 0.271 e. The summed E-state index contributed by atoms with van der Waals surface area (Å²) in [5.74, 6) is -0.829. The summed E-state index contributed by atoms with van der Waals surface area (Å²) in [6.45, 7) is 0. The number of hydrazine groups is 1. The lowest BCUT2D eigenvalue weighted by Gasteiger charge is -2.09. The fraction of sp³-hybridized carbons (Fsp3) is 0.0588. The van der Waals surface area contributed by atoms with E-state index in [1.165, 1.54) is 0 Å². The fourth-order valence-corrected chi connectivity index (χ4v) is 2.89. The normalized spacial score (nSPS) is 10.6. The number of hydrogen-bond acceptors (Lipinski definition) is 2. The Morgan fingerprint density at radius 2 is 1.67 bits per heavy atom. The molecule has 0 bridgehead atoms. The molecule has 3 aromatic rings. The van der Waals surface area contributed by atoms with Crippen molar-refractivity contribution in [2.75, 3.05) is 0 Å². The lowest BCUT2D eigenvalue weighted by atomic mass is 10.1. The molecule has 0 unspecified atom stereocenters. The van der Waals surface area contributed by atoms with Crippen molar-refractivity contribution in [3.8, 4) is 0 Å². The van der Waals surface area contributed by atoms with Gasteiger partial charge in [-0.2, -0.15) is 0 Å². The average Bonchev–Trinajstić information content (AvgIpc) is 3.00. The Morgan fingerprint density at radius 3 is 2.42 bits per heavy atom. The van der Waals surface area contributed by atoms with Gasteiger partial charge in [-0.3, -0.25) is 20.4 Å². The Labute approximate surface area is 147 Å². The van der Waals surface area contributed by atoms with Crippen LogP contribution in [0.25, 0.3) is 10.9 Å². The van der Waals surface area contributed by atoms with E-state index in [4.69, 9.17) is 23.2 Å². The van der Waals surface area contributed by atoms with Crippen LogP contribution in [0.2, 0.25) is 10.0 Å². The summed E-state index contributed by atoms with van der Waals surface area (Å²) in [5.41, 5.74) is 6.56. The summed E-state index contributed by atoms with van der Waals surface area (Å²) in [6, 6.07) is 12.4. The van der Waals surface area contributed by atoms with E-state index >= 15 is 0 Å². The van der Waals surface area contributed by atoms with Gasteiger partial charge in [-0.25, -0.2) is 0 Å². The molecule has 2 amide bonds. The van der Waals surface area contributed by atoms with Crippen LogP contribution in [0.4, 0.5) is 0 Å². The minimum atomic E-state index is -0.418. The van der Waals surface area contributed by atoms with Crippen LogP contribution in [-0.2, 0) is 11.2 Å². The van der Waals surface area contributed by atoms with Gasteiger partial charge < -0.3 is 4.98 Å². The van der Waals surface area contributed by atoms with Gasteiger partial charge in [-0.05, 0) is 23.8 Å². The van der Waals surface area contributed by atoms with Crippen LogP contribution in [0.5, 0.6) is 0 Å². The lowest BCUT2D eigenvalue weighted by molar-refractivity contribution is -0.121. The molecule has 0 atom stereocenters. The van der Waals surface area contributed by atoms with Gasteiger partial charge in [0, 0.05) is 27.1 Å². The first-order valence-electron chi connectivity index (χ1n) is 7.14. The minimum absolute atomic E-state index is 0.0350. The molecule has 0 aliphatic carbocycles. The molecule has 1 aromatic heterocycles. The van der Waals surface area contributed by atoms with Crippen molar-refractivity contribution >= 4 is 45.9 Å². The Bertz CT molecular complexity index is 901. The molecule has 24 heavy (non-hydrogen) atoms. The molecule has 0 saturated heterocycles. The van der Waals surface area contributed by atoms with E-state index in [9.17, 15) is 9.59 Å². The zero-order valence-corrected chi connectivity index (χ0v) is 13.9. The topological polar surface area (TPSA) is 74.0 Å². The molecule has 0 spiro atoms. The Balaban J connectivity index is 1.65. The third-order valence-corrected chi connectivity index (χ3v) is 4.26. The number of carbonyl (C=O) groups is 2. The van der Waals surface area contributed by atoms with Crippen molar-refractivity contribution in [2.45, 2.75) is 6.42 Å². The van der Waals surface area contributed by atoms with E-state index in [0.29, 0.717) is 21.2 Å². The van der Waals surface area contributed by atoms with Crippen LogP contribution in [-0.4, -0.2) is 16.8 Å². The van der Waals surface area contributed by atoms with Crippen molar-refractivity contribution in [2.24, 2.45) is 0 Å². The quantitative estimate of drug-likeness (QED) is 0.624. The Hall–Kier alpha value is -2.50. The average molecular weight is 362 g/mol. The molecule has 0 radical (unpaired) electrons. The molecule has 0 fully saturated rings. The highest BCUT2D eigenvalue weighted by atomic mass is 35.5. The third-order valence-electron chi connectivity index (χ3n) is 3.55. The van der Waals surface area contributed by atoms with Gasteiger partial charge in [-0.15, -0.1) is 0 Å². The molecule has 0 aliphatic heterocycles. The van der Waals surface area contributed by atoms with E-state index in [-0.39, 0.29) is 6.42 Å². The first-order valence-corrected chi connectivity index (χ1v) is 7.90. The Morgan fingerprint density at radius 1 is 0.958 bits per heavy atom. The summed E-state index contributed by atoms with van der Waals surface area (Å²) >= 11 is 12.1. The second kappa shape index (κ2) is 6.95. The molecule has 3 N–H and O–H groups in total. The Kier molecular flexibility index (Phi) is 4.74. The number of para-hydroxylation sites is 1. The number of fused-ring (bicyclic) bond motifs is 1. The van der Waals surface area contributed by atoms with E-state index in [1.54, 1.807) is 24.4 Å². The maximum absolute atomic E-state index is 12.2. The molecule has 5 nitrogen and oxygen atoms in total. The molecule has 1 heterocycles. The van der Waals surface area contributed by atoms with Gasteiger partial charge in [0.2, 0.25) is 5.91 Å². The number of amides is 2. The lowest BCUT2D eigenvalue weighted by Crippen LogP contribution is -2.42. The van der Waals surface area contributed by atoms with E-state index in [1.807, 2.05) is 24.3 Å². The molecule has 0 aliphatic rings. The van der Waals surface area contributed by atoms with Crippen LogP contribution in [0.1, 0.15) is 15.9 Å². The molecule has 122 valence electrons. The standard InChI is InChI=1S/C17H13Cl2N3O2/c18-13-5-3-6-14(19)11(13)8-16(23)21-22-17(24)12-9-20-15-7-2-1-4-10(12)15/h1-7,9,20H,8H2,(H,21,23)(H,22,24). The monoisotopic (exact) mass is 361 g/mol. The van der Waals surface area contributed by atoms with E-state index in [2.05, 4.69) is 15.8 Å². The summed E-state index contributed by atoms with van der Waals surface area (Å²) in [5, 5.41) is 1.58. The fourth-order valence-electron chi connectivity index (χ4n) is 2.36. The highest BCUT2D eigenvalue weighted by Gasteiger charge is 2.14. The predicted octanol–water partition coefficient (Wildman–Crippen LogP) is 3.48. The first kappa shape index (κ1) is 16.4. The number of halogens is 2. The molecule has 3 rings (SSSR count). The van der Waals surface area contributed by atoms with Crippen LogP contribution < -0.4 is 10.9 Å². The minimum Gasteiger partial charge on any atom is -0.360 e. The molecular weight excluding hydrogens is 349 g/mol. The zero-order chi connectivity index (χ0) is 17.1. The maximum atomic E-state index is 12.2. The summed E-state index contributed by atoms with van der Waals surface area (Å²) in [6.07, 6.45) is 1.56. The van der Waals surface area contributed by atoms with E-state index in [0.717, 1.165) is 10.9 Å². The third kappa shape index (κ3) is 3.37. The number of aromatic amines is 1. The van der Waals surface area contributed by atoms with Crippen molar-refractivity contribution in [3.63, 3.8) is 0 Å². The van der Waals surface area contributed by atoms with Gasteiger partial charge in [0.05, 0.1) is 12.0 Å². The number of aromatic nitrogens is 1. The van der Waals surface area contributed by atoms with Gasteiger partial charge in [-0.1, -0.05) is 47.5 Å². The molecule has 7 heteroatoms. The van der Waals surface area contributed by atoms with Crippen molar-refractivity contribution in [1.29, 1.82) is 0 Å². The van der Waals surface area contributed by atoms with Crippen molar-refractivity contribution in [1.82, 2.24) is 15.8 Å². The number of benzene rings is 2. The van der Waals surface area contributed by atoms with Gasteiger partial charge in [0.15, 0.2) is 0 Å². The van der Waals surface area contributed by atoms with Crippen LogP contribution in [0, 0.1) is 0 Å². The molecule has 0 saturated carbocycles. The summed E-state index contributed by atoms with van der Waals surface area (Å²) < 4.78 is 0. The smallest absolute Gasteiger partial charge is 0.271 e. The largest absolute Gasteiger partial charge is 0.360 e. The zero-order valence-electron chi connectivity index (χ0n) is 12.4. The van der Waals surface area contributed by atoms with E-state index < -0.39 is 11.8 Å². The number of carbonyl (C=O) groups excluding carboxylic acids is 2.